The van der Waals surface area contributed by atoms with Crippen molar-refractivity contribution < 1.29 is 4.79 Å². The Bertz CT molecular complexity index is 834. The molecule has 1 aromatic heterocycles. The minimum absolute atomic E-state index is 0.214. The maximum atomic E-state index is 12.1. The summed E-state index contributed by atoms with van der Waals surface area (Å²) < 4.78 is 0. The predicted molar refractivity (Wildman–Crippen MR) is 96.2 cm³/mol. The summed E-state index contributed by atoms with van der Waals surface area (Å²) in [6, 6.07) is 14.0. The van der Waals surface area contributed by atoms with Gasteiger partial charge in [-0.05, 0) is 48.5 Å². The largest absolute Gasteiger partial charge is 0.339 e. The third-order valence-corrected chi connectivity index (χ3v) is 3.61. The molecule has 2 aromatic carbocycles. The molecule has 3 aromatic rings. The van der Waals surface area contributed by atoms with Gasteiger partial charge in [-0.15, -0.1) is 0 Å². The van der Waals surface area contributed by atoms with Crippen molar-refractivity contribution in [3.63, 3.8) is 0 Å². The first-order chi connectivity index (χ1) is 11.6. The molecule has 3 rings (SSSR count). The molecule has 2 N–H and O–H groups in total. The van der Waals surface area contributed by atoms with Gasteiger partial charge in [0.25, 0.3) is 5.91 Å². The molecule has 0 radical (unpaired) electrons. The van der Waals surface area contributed by atoms with Crippen LogP contribution in [0.1, 0.15) is 10.5 Å². The van der Waals surface area contributed by atoms with E-state index in [9.17, 15) is 4.79 Å². The molecule has 0 aliphatic carbocycles. The number of hydrogen-bond acceptors (Lipinski definition) is 4. The van der Waals surface area contributed by atoms with Crippen LogP contribution < -0.4 is 10.6 Å². The molecule has 0 aliphatic rings. The van der Waals surface area contributed by atoms with Gasteiger partial charge in [0.2, 0.25) is 0 Å². The van der Waals surface area contributed by atoms with Crippen molar-refractivity contribution in [2.75, 3.05) is 10.6 Å². The molecule has 0 fully saturated rings. The molecular weight excluding hydrogens is 347 g/mol. The van der Waals surface area contributed by atoms with E-state index in [2.05, 4.69) is 20.6 Å². The number of nitrogens with zero attached hydrogens (tertiary/aromatic N) is 2. The molecule has 120 valence electrons. The lowest BCUT2D eigenvalue weighted by Gasteiger charge is -2.07. The van der Waals surface area contributed by atoms with Gasteiger partial charge in [-0.25, -0.2) is 9.97 Å². The average Bonchev–Trinajstić information content (AvgIpc) is 2.59. The highest BCUT2D eigenvalue weighted by atomic mass is 35.5. The van der Waals surface area contributed by atoms with E-state index in [0.29, 0.717) is 21.6 Å². The third-order valence-electron chi connectivity index (χ3n) is 3.10. The average molecular weight is 359 g/mol. The Morgan fingerprint density at radius 3 is 1.92 bits per heavy atom. The van der Waals surface area contributed by atoms with Crippen LogP contribution in [0.25, 0.3) is 0 Å². The van der Waals surface area contributed by atoms with Crippen molar-refractivity contribution >= 4 is 46.3 Å². The molecule has 0 spiro atoms. The number of benzene rings is 2. The molecule has 5 nitrogen and oxygen atoms in total. The number of carbonyl (C=O) groups is 1. The van der Waals surface area contributed by atoms with Gasteiger partial charge in [-0.3, -0.25) is 4.79 Å². The Morgan fingerprint density at radius 1 is 0.792 bits per heavy atom. The topological polar surface area (TPSA) is 66.9 Å². The van der Waals surface area contributed by atoms with Gasteiger partial charge in [0, 0.05) is 21.4 Å². The van der Waals surface area contributed by atoms with Crippen LogP contribution in [0.4, 0.5) is 17.2 Å². The van der Waals surface area contributed by atoms with Crippen molar-refractivity contribution in [1.82, 2.24) is 9.97 Å². The lowest BCUT2D eigenvalue weighted by molar-refractivity contribution is 0.102. The molecule has 7 heteroatoms. The lowest BCUT2D eigenvalue weighted by atomic mass is 10.3. The standard InChI is InChI=1S/C17H12Cl2N4O/c18-11-1-5-13(6-2-11)22-16-10-20-15(9-21-16)17(24)23-14-7-3-12(19)4-8-14/h1-10H,(H,21,22)(H,23,24). The summed E-state index contributed by atoms with van der Waals surface area (Å²) in [5.74, 6) is 0.184. The highest BCUT2D eigenvalue weighted by Crippen LogP contribution is 2.17. The Morgan fingerprint density at radius 2 is 1.38 bits per heavy atom. The highest BCUT2D eigenvalue weighted by Gasteiger charge is 2.08. The molecule has 0 unspecified atom stereocenters. The number of hydrogen-bond donors (Lipinski definition) is 2. The van der Waals surface area contributed by atoms with Crippen molar-refractivity contribution in [3.05, 3.63) is 76.7 Å². The van der Waals surface area contributed by atoms with E-state index in [4.69, 9.17) is 23.2 Å². The maximum Gasteiger partial charge on any atom is 0.275 e. The molecule has 0 saturated carbocycles. The summed E-state index contributed by atoms with van der Waals surface area (Å²) in [5, 5.41) is 7.06. The summed E-state index contributed by atoms with van der Waals surface area (Å²) in [6.07, 6.45) is 2.90. The third kappa shape index (κ3) is 4.22. The van der Waals surface area contributed by atoms with Crippen LogP contribution in [0.5, 0.6) is 0 Å². The second kappa shape index (κ2) is 7.29. The number of anilines is 3. The maximum absolute atomic E-state index is 12.1. The smallest absolute Gasteiger partial charge is 0.275 e. The SMILES string of the molecule is O=C(Nc1ccc(Cl)cc1)c1cnc(Nc2ccc(Cl)cc2)cn1. The van der Waals surface area contributed by atoms with E-state index in [1.807, 2.05) is 12.1 Å². The zero-order chi connectivity index (χ0) is 16.9. The van der Waals surface area contributed by atoms with Crippen LogP contribution in [0.2, 0.25) is 10.0 Å². The number of amides is 1. The van der Waals surface area contributed by atoms with Gasteiger partial charge in [0.1, 0.15) is 11.5 Å². The summed E-state index contributed by atoms with van der Waals surface area (Å²) in [6.45, 7) is 0. The van der Waals surface area contributed by atoms with E-state index in [1.165, 1.54) is 12.4 Å². The quantitative estimate of drug-likeness (QED) is 0.704. The zero-order valence-electron chi connectivity index (χ0n) is 12.3. The van der Waals surface area contributed by atoms with Gasteiger partial charge in [0.15, 0.2) is 0 Å². The van der Waals surface area contributed by atoms with Gasteiger partial charge in [-0.1, -0.05) is 23.2 Å². The fourth-order valence-electron chi connectivity index (χ4n) is 1.92. The van der Waals surface area contributed by atoms with Crippen molar-refractivity contribution in [3.8, 4) is 0 Å². The first-order valence-electron chi connectivity index (χ1n) is 7.02. The first kappa shape index (κ1) is 16.2. The Balaban J connectivity index is 1.66. The molecule has 0 atom stereocenters. The van der Waals surface area contributed by atoms with Crippen LogP contribution in [-0.2, 0) is 0 Å². The summed E-state index contributed by atoms with van der Waals surface area (Å²) in [4.78, 5) is 20.4. The summed E-state index contributed by atoms with van der Waals surface area (Å²) in [7, 11) is 0. The van der Waals surface area contributed by atoms with Crippen molar-refractivity contribution in [1.29, 1.82) is 0 Å². The van der Waals surface area contributed by atoms with Gasteiger partial charge >= 0.3 is 0 Å². The van der Waals surface area contributed by atoms with Crippen LogP contribution in [0, 0.1) is 0 Å². The van der Waals surface area contributed by atoms with Gasteiger partial charge < -0.3 is 10.6 Å². The second-order valence-corrected chi connectivity index (χ2v) is 5.75. The minimum Gasteiger partial charge on any atom is -0.339 e. The first-order valence-corrected chi connectivity index (χ1v) is 7.77. The van der Waals surface area contributed by atoms with Crippen LogP contribution in [0.3, 0.4) is 0 Å². The second-order valence-electron chi connectivity index (χ2n) is 4.88. The number of aromatic nitrogens is 2. The Hall–Kier alpha value is -2.63. The summed E-state index contributed by atoms with van der Waals surface area (Å²) in [5.41, 5.74) is 1.67. The fourth-order valence-corrected chi connectivity index (χ4v) is 2.17. The molecule has 24 heavy (non-hydrogen) atoms. The van der Waals surface area contributed by atoms with E-state index in [0.717, 1.165) is 5.69 Å². The van der Waals surface area contributed by atoms with E-state index >= 15 is 0 Å². The highest BCUT2D eigenvalue weighted by molar-refractivity contribution is 6.30. The van der Waals surface area contributed by atoms with E-state index < -0.39 is 0 Å². The van der Waals surface area contributed by atoms with Gasteiger partial charge in [0.05, 0.1) is 12.4 Å². The lowest BCUT2D eigenvalue weighted by Crippen LogP contribution is -2.14. The number of nitrogens with one attached hydrogen (secondary N) is 2. The van der Waals surface area contributed by atoms with Crippen molar-refractivity contribution in [2.24, 2.45) is 0 Å². The predicted octanol–water partition coefficient (Wildman–Crippen LogP) is 4.78. The molecule has 1 amide bonds. The van der Waals surface area contributed by atoms with E-state index in [1.54, 1.807) is 36.4 Å². The van der Waals surface area contributed by atoms with Crippen LogP contribution in [-0.4, -0.2) is 15.9 Å². The normalized spacial score (nSPS) is 10.2. The van der Waals surface area contributed by atoms with Crippen LogP contribution >= 0.6 is 23.2 Å². The molecule has 0 saturated heterocycles. The van der Waals surface area contributed by atoms with Crippen LogP contribution in [0.15, 0.2) is 60.9 Å². The Labute approximate surface area is 148 Å². The van der Waals surface area contributed by atoms with Gasteiger partial charge in [-0.2, -0.15) is 0 Å². The molecule has 1 heterocycles. The Kier molecular flexibility index (Phi) is 4.93. The zero-order valence-corrected chi connectivity index (χ0v) is 13.8. The van der Waals surface area contributed by atoms with E-state index in [-0.39, 0.29) is 11.6 Å². The molecular formula is C17H12Cl2N4O. The number of carbonyl (C=O) groups excluding carboxylic acids is 1. The monoisotopic (exact) mass is 358 g/mol. The molecule has 0 bridgehead atoms. The number of halogens is 2. The fraction of sp³-hybridized carbons (Fsp3) is 0. The number of rotatable bonds is 4. The van der Waals surface area contributed by atoms with Crippen molar-refractivity contribution in [2.45, 2.75) is 0 Å². The molecule has 0 aliphatic heterocycles. The summed E-state index contributed by atoms with van der Waals surface area (Å²) >= 11 is 11.6. The minimum atomic E-state index is -0.345.